The third-order valence-electron chi connectivity index (χ3n) is 4.71. The van der Waals surface area contributed by atoms with E-state index in [1.54, 1.807) is 0 Å². The zero-order chi connectivity index (χ0) is 19.3. The lowest BCUT2D eigenvalue weighted by Gasteiger charge is -2.32. The molecule has 6 nitrogen and oxygen atoms in total. The minimum Gasteiger partial charge on any atom is -0.349 e. The zero-order valence-electron chi connectivity index (χ0n) is 15.7. The van der Waals surface area contributed by atoms with Crippen LogP contribution in [0, 0.1) is 16.7 Å². The lowest BCUT2D eigenvalue weighted by Crippen LogP contribution is -2.48. The van der Waals surface area contributed by atoms with E-state index in [0.29, 0.717) is 13.0 Å². The van der Waals surface area contributed by atoms with Crippen LogP contribution in [-0.4, -0.2) is 35.3 Å². The molecule has 1 heterocycles. The molecule has 0 saturated carbocycles. The van der Waals surface area contributed by atoms with Crippen molar-refractivity contribution in [1.29, 1.82) is 5.26 Å². The normalized spacial score (nSPS) is 19.5. The SMILES string of the molecule is CC(C)(C)C(NC(=O)CC(N)C(=O)N1CCC[C@H]1C#N)c1ccccc1. The Bertz CT molecular complexity index is 675. The summed E-state index contributed by atoms with van der Waals surface area (Å²) in [5.41, 5.74) is 6.80. The van der Waals surface area contributed by atoms with Crippen LogP contribution < -0.4 is 11.1 Å². The molecule has 0 spiro atoms. The number of hydrogen-bond donors (Lipinski definition) is 2. The molecular weight excluding hydrogens is 328 g/mol. The number of amides is 2. The van der Waals surface area contributed by atoms with E-state index in [0.717, 1.165) is 12.0 Å². The second-order valence-electron chi connectivity index (χ2n) is 7.91. The Morgan fingerprint density at radius 2 is 2.00 bits per heavy atom. The Kier molecular flexibility index (Phi) is 6.38. The predicted molar refractivity (Wildman–Crippen MR) is 99.7 cm³/mol. The van der Waals surface area contributed by atoms with Gasteiger partial charge in [-0.25, -0.2) is 0 Å². The van der Waals surface area contributed by atoms with E-state index in [2.05, 4.69) is 32.2 Å². The van der Waals surface area contributed by atoms with Crippen LogP contribution in [0.3, 0.4) is 0 Å². The van der Waals surface area contributed by atoms with Gasteiger partial charge in [0, 0.05) is 6.54 Å². The zero-order valence-corrected chi connectivity index (χ0v) is 15.7. The molecule has 1 aromatic rings. The van der Waals surface area contributed by atoms with E-state index in [1.807, 2.05) is 30.3 Å². The maximum absolute atomic E-state index is 12.5. The van der Waals surface area contributed by atoms with Crippen LogP contribution in [0.15, 0.2) is 30.3 Å². The summed E-state index contributed by atoms with van der Waals surface area (Å²) in [5.74, 6) is -0.585. The molecule has 26 heavy (non-hydrogen) atoms. The molecule has 0 aliphatic carbocycles. The average molecular weight is 356 g/mol. The third kappa shape index (κ3) is 4.83. The Morgan fingerprint density at radius 3 is 2.58 bits per heavy atom. The van der Waals surface area contributed by atoms with Crippen molar-refractivity contribution in [2.75, 3.05) is 6.54 Å². The summed E-state index contributed by atoms with van der Waals surface area (Å²) in [6, 6.07) is 10.3. The second-order valence-corrected chi connectivity index (χ2v) is 7.91. The highest BCUT2D eigenvalue weighted by Crippen LogP contribution is 2.32. The van der Waals surface area contributed by atoms with Crippen molar-refractivity contribution in [1.82, 2.24) is 10.2 Å². The molecule has 2 amide bonds. The molecule has 2 rings (SSSR count). The van der Waals surface area contributed by atoms with Gasteiger partial charge in [0.1, 0.15) is 6.04 Å². The van der Waals surface area contributed by atoms with Crippen LogP contribution in [0.4, 0.5) is 0 Å². The number of carbonyl (C=O) groups excluding carboxylic acids is 2. The molecular formula is C20H28N4O2. The molecule has 1 aliphatic heterocycles. The highest BCUT2D eigenvalue weighted by molar-refractivity contribution is 5.88. The third-order valence-corrected chi connectivity index (χ3v) is 4.71. The molecule has 1 aromatic carbocycles. The summed E-state index contributed by atoms with van der Waals surface area (Å²) in [4.78, 5) is 26.5. The summed E-state index contributed by atoms with van der Waals surface area (Å²) in [6.45, 7) is 6.69. The molecule has 140 valence electrons. The minimum absolute atomic E-state index is 0.0904. The topological polar surface area (TPSA) is 99.2 Å². The first-order valence-electron chi connectivity index (χ1n) is 9.04. The number of hydrogen-bond acceptors (Lipinski definition) is 4. The molecule has 0 radical (unpaired) electrons. The molecule has 1 aliphatic rings. The molecule has 1 fully saturated rings. The molecule has 1 saturated heterocycles. The van der Waals surface area contributed by atoms with Crippen molar-refractivity contribution >= 4 is 11.8 Å². The number of benzene rings is 1. The van der Waals surface area contributed by atoms with Crippen LogP contribution in [0.1, 0.15) is 51.6 Å². The van der Waals surface area contributed by atoms with Gasteiger partial charge in [0.25, 0.3) is 0 Å². The van der Waals surface area contributed by atoms with Crippen LogP contribution >= 0.6 is 0 Å². The van der Waals surface area contributed by atoms with Crippen molar-refractivity contribution < 1.29 is 9.59 Å². The second kappa shape index (κ2) is 8.33. The summed E-state index contributed by atoms with van der Waals surface area (Å²) in [5, 5.41) is 12.1. The fraction of sp³-hybridized carbons (Fsp3) is 0.550. The standard InChI is InChI=1S/C20H28N4O2/c1-20(2,3)18(14-8-5-4-6-9-14)23-17(25)12-16(22)19(26)24-11-7-10-15(24)13-21/h4-6,8-9,15-16,18H,7,10-12,22H2,1-3H3,(H,23,25)/t15-,16?,18?/m0/s1. The summed E-state index contributed by atoms with van der Waals surface area (Å²) >= 11 is 0. The van der Waals surface area contributed by atoms with Gasteiger partial charge in [-0.1, -0.05) is 51.1 Å². The van der Waals surface area contributed by atoms with Gasteiger partial charge in [-0.2, -0.15) is 5.26 Å². The number of nitrogens with two attached hydrogens (primary N) is 1. The predicted octanol–water partition coefficient (Wildman–Crippen LogP) is 2.12. The van der Waals surface area contributed by atoms with Crippen LogP contribution in [0.2, 0.25) is 0 Å². The van der Waals surface area contributed by atoms with Gasteiger partial charge in [0.2, 0.25) is 11.8 Å². The first-order valence-corrected chi connectivity index (χ1v) is 9.04. The van der Waals surface area contributed by atoms with Crippen molar-refractivity contribution in [3.63, 3.8) is 0 Å². The highest BCUT2D eigenvalue weighted by atomic mass is 16.2. The van der Waals surface area contributed by atoms with Crippen molar-refractivity contribution in [2.24, 2.45) is 11.1 Å². The van der Waals surface area contributed by atoms with Crippen molar-refractivity contribution in [2.45, 2.75) is 58.2 Å². The fourth-order valence-electron chi connectivity index (χ4n) is 3.33. The number of carbonyl (C=O) groups is 2. The van der Waals surface area contributed by atoms with Gasteiger partial charge in [0.05, 0.1) is 24.6 Å². The van der Waals surface area contributed by atoms with E-state index in [-0.39, 0.29) is 29.7 Å². The lowest BCUT2D eigenvalue weighted by atomic mass is 9.82. The molecule has 6 heteroatoms. The maximum Gasteiger partial charge on any atom is 0.241 e. The molecule has 0 bridgehead atoms. The first-order chi connectivity index (χ1) is 12.2. The monoisotopic (exact) mass is 356 g/mol. The van der Waals surface area contributed by atoms with E-state index in [9.17, 15) is 9.59 Å². The number of rotatable bonds is 5. The van der Waals surface area contributed by atoms with Gasteiger partial charge in [-0.3, -0.25) is 9.59 Å². The Morgan fingerprint density at radius 1 is 1.35 bits per heavy atom. The van der Waals surface area contributed by atoms with Gasteiger partial charge >= 0.3 is 0 Å². The summed E-state index contributed by atoms with van der Waals surface area (Å²) < 4.78 is 0. The molecule has 3 atom stereocenters. The number of nitrogens with zero attached hydrogens (tertiary/aromatic N) is 2. The number of nitriles is 1. The van der Waals surface area contributed by atoms with Crippen LogP contribution in [0.25, 0.3) is 0 Å². The van der Waals surface area contributed by atoms with E-state index in [4.69, 9.17) is 11.0 Å². The minimum atomic E-state index is -0.930. The van der Waals surface area contributed by atoms with Gasteiger partial charge < -0.3 is 16.0 Å². The Hall–Kier alpha value is -2.39. The molecule has 0 aromatic heterocycles. The quantitative estimate of drug-likeness (QED) is 0.844. The highest BCUT2D eigenvalue weighted by Gasteiger charge is 2.33. The summed E-state index contributed by atoms with van der Waals surface area (Å²) in [6.07, 6.45) is 1.37. The van der Waals surface area contributed by atoms with Crippen molar-refractivity contribution in [3.8, 4) is 6.07 Å². The van der Waals surface area contributed by atoms with Crippen molar-refractivity contribution in [3.05, 3.63) is 35.9 Å². The van der Waals surface area contributed by atoms with Gasteiger partial charge in [-0.15, -0.1) is 0 Å². The largest absolute Gasteiger partial charge is 0.349 e. The van der Waals surface area contributed by atoms with Crippen LogP contribution in [0.5, 0.6) is 0 Å². The van der Waals surface area contributed by atoms with Crippen LogP contribution in [-0.2, 0) is 9.59 Å². The van der Waals surface area contributed by atoms with Gasteiger partial charge in [-0.05, 0) is 23.8 Å². The number of nitrogens with one attached hydrogen (secondary N) is 1. The maximum atomic E-state index is 12.5. The Balaban J connectivity index is 2.02. The smallest absolute Gasteiger partial charge is 0.241 e. The van der Waals surface area contributed by atoms with Gasteiger partial charge in [0.15, 0.2) is 0 Å². The molecule has 2 unspecified atom stereocenters. The number of likely N-dealkylation sites (tertiary alicyclic amines) is 1. The lowest BCUT2D eigenvalue weighted by molar-refractivity contribution is -0.135. The summed E-state index contributed by atoms with van der Waals surface area (Å²) in [7, 11) is 0. The molecule has 3 N–H and O–H groups in total. The Labute approximate surface area is 155 Å². The first kappa shape index (κ1) is 19.9. The van der Waals surface area contributed by atoms with E-state index in [1.165, 1.54) is 4.90 Å². The fourth-order valence-corrected chi connectivity index (χ4v) is 3.33. The van der Waals surface area contributed by atoms with E-state index >= 15 is 0 Å². The van der Waals surface area contributed by atoms with E-state index < -0.39 is 12.1 Å². The average Bonchev–Trinajstić information content (AvgIpc) is 3.07.